The molecule has 1 rings (SSSR count). The lowest BCUT2D eigenvalue weighted by Gasteiger charge is -2.24. The van der Waals surface area contributed by atoms with Crippen LogP contribution in [0, 0.1) is 12.7 Å². The molecule has 0 fully saturated rings. The van der Waals surface area contributed by atoms with Crippen LogP contribution in [0.4, 0.5) is 4.39 Å². The highest BCUT2D eigenvalue weighted by atomic mass is 19.1. The summed E-state index contributed by atoms with van der Waals surface area (Å²) in [7, 11) is 3.97. The van der Waals surface area contributed by atoms with Crippen molar-refractivity contribution < 1.29 is 9.18 Å². The summed E-state index contributed by atoms with van der Waals surface area (Å²) in [5.74, 6) is -0.293. The van der Waals surface area contributed by atoms with Crippen molar-refractivity contribution in [3.63, 3.8) is 0 Å². The number of rotatable bonds is 6. The molecular formula is C15H23FN2O. The summed E-state index contributed by atoms with van der Waals surface area (Å²) in [6.07, 6.45) is 0.916. The average Bonchev–Trinajstić information content (AvgIpc) is 2.36. The predicted molar refractivity (Wildman–Crippen MR) is 75.9 cm³/mol. The third-order valence-corrected chi connectivity index (χ3v) is 3.00. The summed E-state index contributed by atoms with van der Waals surface area (Å²) in [6, 6.07) is 4.54. The van der Waals surface area contributed by atoms with Crippen LogP contribution in [-0.2, 0) is 0 Å². The van der Waals surface area contributed by atoms with Gasteiger partial charge in [0, 0.05) is 25.2 Å². The van der Waals surface area contributed by atoms with E-state index in [0.29, 0.717) is 17.7 Å². The summed E-state index contributed by atoms with van der Waals surface area (Å²) in [5, 5.41) is 0. The monoisotopic (exact) mass is 266 g/mol. The van der Waals surface area contributed by atoms with E-state index < -0.39 is 0 Å². The van der Waals surface area contributed by atoms with Gasteiger partial charge in [0.2, 0.25) is 0 Å². The molecule has 0 radical (unpaired) electrons. The van der Waals surface area contributed by atoms with E-state index in [4.69, 9.17) is 0 Å². The molecule has 0 aliphatic heterocycles. The molecule has 1 aromatic rings. The number of carbonyl (C=O) groups excluding carboxylic acids is 1. The minimum Gasteiger partial charge on any atom is -0.337 e. The fourth-order valence-corrected chi connectivity index (χ4v) is 1.87. The van der Waals surface area contributed by atoms with Gasteiger partial charge in [-0.2, -0.15) is 0 Å². The van der Waals surface area contributed by atoms with E-state index in [2.05, 4.69) is 0 Å². The summed E-state index contributed by atoms with van der Waals surface area (Å²) >= 11 is 0. The molecule has 0 atom stereocenters. The fourth-order valence-electron chi connectivity index (χ4n) is 1.87. The highest BCUT2D eigenvalue weighted by Crippen LogP contribution is 2.12. The van der Waals surface area contributed by atoms with Crippen molar-refractivity contribution in [3.8, 4) is 0 Å². The number of hydrogen-bond acceptors (Lipinski definition) is 2. The maximum atomic E-state index is 13.2. The summed E-state index contributed by atoms with van der Waals surface area (Å²) in [5.41, 5.74) is 1.07. The van der Waals surface area contributed by atoms with Crippen molar-refractivity contribution in [1.82, 2.24) is 9.80 Å². The second-order valence-corrected chi connectivity index (χ2v) is 5.06. The van der Waals surface area contributed by atoms with Crippen molar-refractivity contribution in [2.75, 3.05) is 33.7 Å². The number of carbonyl (C=O) groups is 1. The SMILES string of the molecule is CCCN(CCN(C)C)C(=O)c1ccc(F)c(C)c1. The molecule has 106 valence electrons. The van der Waals surface area contributed by atoms with Crippen molar-refractivity contribution in [1.29, 1.82) is 0 Å². The van der Waals surface area contributed by atoms with Gasteiger partial charge in [-0.15, -0.1) is 0 Å². The lowest BCUT2D eigenvalue weighted by Crippen LogP contribution is -2.37. The molecule has 0 spiro atoms. The van der Waals surface area contributed by atoms with Crippen LogP contribution >= 0.6 is 0 Å². The fraction of sp³-hybridized carbons (Fsp3) is 0.533. The van der Waals surface area contributed by atoms with E-state index in [1.165, 1.54) is 6.07 Å². The Morgan fingerprint density at radius 3 is 2.42 bits per heavy atom. The number of nitrogens with zero attached hydrogens (tertiary/aromatic N) is 2. The van der Waals surface area contributed by atoms with Gasteiger partial charge in [-0.3, -0.25) is 4.79 Å². The Morgan fingerprint density at radius 2 is 1.89 bits per heavy atom. The molecule has 1 amide bonds. The lowest BCUT2D eigenvalue weighted by molar-refractivity contribution is 0.0745. The zero-order valence-corrected chi connectivity index (χ0v) is 12.2. The van der Waals surface area contributed by atoms with Crippen LogP contribution < -0.4 is 0 Å². The Labute approximate surface area is 115 Å². The van der Waals surface area contributed by atoms with Gasteiger partial charge in [0.1, 0.15) is 5.82 Å². The van der Waals surface area contributed by atoms with Crippen LogP contribution in [0.25, 0.3) is 0 Å². The first kappa shape index (κ1) is 15.6. The molecule has 4 heteroatoms. The van der Waals surface area contributed by atoms with Crippen molar-refractivity contribution in [2.24, 2.45) is 0 Å². The maximum Gasteiger partial charge on any atom is 0.253 e. The Kier molecular flexibility index (Phi) is 5.96. The third kappa shape index (κ3) is 4.63. The van der Waals surface area contributed by atoms with Gasteiger partial charge in [-0.25, -0.2) is 4.39 Å². The first-order valence-electron chi connectivity index (χ1n) is 6.65. The molecule has 0 bridgehead atoms. The molecule has 1 aromatic carbocycles. The van der Waals surface area contributed by atoms with E-state index >= 15 is 0 Å². The molecular weight excluding hydrogens is 243 g/mol. The van der Waals surface area contributed by atoms with Gasteiger partial charge in [-0.05, 0) is 51.2 Å². The van der Waals surface area contributed by atoms with Gasteiger partial charge in [-0.1, -0.05) is 6.92 Å². The maximum absolute atomic E-state index is 13.2. The molecule has 19 heavy (non-hydrogen) atoms. The zero-order chi connectivity index (χ0) is 14.4. The number of aryl methyl sites for hydroxylation is 1. The molecule has 0 N–H and O–H groups in total. The number of amides is 1. The van der Waals surface area contributed by atoms with Crippen LogP contribution in [0.1, 0.15) is 29.3 Å². The number of halogens is 1. The molecule has 0 saturated carbocycles. The quantitative estimate of drug-likeness (QED) is 0.790. The largest absolute Gasteiger partial charge is 0.337 e. The first-order valence-corrected chi connectivity index (χ1v) is 6.65. The van der Waals surface area contributed by atoms with Crippen LogP contribution in [0.3, 0.4) is 0 Å². The highest BCUT2D eigenvalue weighted by molar-refractivity contribution is 5.94. The number of hydrogen-bond donors (Lipinski definition) is 0. The predicted octanol–water partition coefficient (Wildman–Crippen LogP) is 2.55. The third-order valence-electron chi connectivity index (χ3n) is 3.00. The van der Waals surface area contributed by atoms with Gasteiger partial charge in [0.25, 0.3) is 5.91 Å². The molecule has 3 nitrogen and oxygen atoms in total. The molecule has 0 saturated heterocycles. The normalized spacial score (nSPS) is 10.8. The van der Waals surface area contributed by atoms with Crippen molar-refractivity contribution >= 4 is 5.91 Å². The lowest BCUT2D eigenvalue weighted by atomic mass is 10.1. The van der Waals surface area contributed by atoms with E-state index in [-0.39, 0.29) is 11.7 Å². The van der Waals surface area contributed by atoms with Crippen molar-refractivity contribution in [2.45, 2.75) is 20.3 Å². The van der Waals surface area contributed by atoms with E-state index in [9.17, 15) is 9.18 Å². The van der Waals surface area contributed by atoms with Crippen molar-refractivity contribution in [3.05, 3.63) is 35.1 Å². The Balaban J connectivity index is 2.82. The van der Waals surface area contributed by atoms with E-state index in [1.807, 2.05) is 30.8 Å². The summed E-state index contributed by atoms with van der Waals surface area (Å²) < 4.78 is 13.2. The van der Waals surface area contributed by atoms with Gasteiger partial charge in [0.05, 0.1) is 0 Å². The van der Waals surface area contributed by atoms with Gasteiger partial charge < -0.3 is 9.80 Å². The minimum atomic E-state index is -0.271. The van der Waals surface area contributed by atoms with Gasteiger partial charge >= 0.3 is 0 Å². The summed E-state index contributed by atoms with van der Waals surface area (Å²) in [4.78, 5) is 16.3. The Bertz CT molecular complexity index is 432. The second kappa shape index (κ2) is 7.24. The molecule has 0 aromatic heterocycles. The number of benzene rings is 1. The summed E-state index contributed by atoms with van der Waals surface area (Å²) in [6.45, 7) is 5.97. The topological polar surface area (TPSA) is 23.6 Å². The Hall–Kier alpha value is -1.42. The molecule has 0 heterocycles. The van der Waals surface area contributed by atoms with Crippen LogP contribution in [0.15, 0.2) is 18.2 Å². The standard InChI is InChI=1S/C15H23FN2O/c1-5-8-18(10-9-17(3)4)15(19)13-6-7-14(16)12(2)11-13/h6-7,11H,5,8-10H2,1-4H3. The van der Waals surface area contributed by atoms with Crippen LogP contribution in [0.5, 0.6) is 0 Å². The van der Waals surface area contributed by atoms with E-state index in [1.54, 1.807) is 19.1 Å². The highest BCUT2D eigenvalue weighted by Gasteiger charge is 2.15. The van der Waals surface area contributed by atoms with Crippen LogP contribution in [0.2, 0.25) is 0 Å². The zero-order valence-electron chi connectivity index (χ0n) is 12.2. The smallest absolute Gasteiger partial charge is 0.253 e. The van der Waals surface area contributed by atoms with Gasteiger partial charge in [0.15, 0.2) is 0 Å². The van der Waals surface area contributed by atoms with Crippen LogP contribution in [-0.4, -0.2) is 49.4 Å². The van der Waals surface area contributed by atoms with E-state index in [0.717, 1.165) is 19.5 Å². The minimum absolute atomic E-state index is 0.0215. The Morgan fingerprint density at radius 1 is 1.21 bits per heavy atom. The molecule has 0 unspecified atom stereocenters. The first-order chi connectivity index (χ1) is 8.95. The molecule has 0 aliphatic carbocycles. The second-order valence-electron chi connectivity index (χ2n) is 5.06. The average molecular weight is 266 g/mol. The number of likely N-dealkylation sites (N-methyl/N-ethyl adjacent to an activating group) is 1. The molecule has 0 aliphatic rings.